The van der Waals surface area contributed by atoms with Crippen LogP contribution in [0, 0.1) is 5.82 Å². The molecule has 1 aliphatic rings. The average molecular weight is 312 g/mol. The lowest BCUT2D eigenvalue weighted by molar-refractivity contribution is 0.628. The van der Waals surface area contributed by atoms with Crippen molar-refractivity contribution in [3.63, 3.8) is 0 Å². The van der Waals surface area contributed by atoms with Crippen LogP contribution >= 0.6 is 11.8 Å². The molecule has 0 unspecified atom stereocenters. The highest BCUT2D eigenvalue weighted by Gasteiger charge is 2.23. The minimum absolute atomic E-state index is 0.250. The first-order chi connectivity index (χ1) is 10.7. The van der Waals surface area contributed by atoms with Crippen LogP contribution in [-0.4, -0.2) is 20.3 Å². The maximum atomic E-state index is 13.2. The number of thioether (sulfide) groups is 1. The largest absolute Gasteiger partial charge is 0.384 e. The van der Waals surface area contributed by atoms with Crippen LogP contribution in [0.3, 0.4) is 0 Å². The SMILES string of the molecule is Nc1cc(-c2c(-c3ccc(F)cc3)nc3n2CCS3)ccn1. The highest BCUT2D eigenvalue weighted by Crippen LogP contribution is 2.39. The van der Waals surface area contributed by atoms with E-state index in [9.17, 15) is 4.39 Å². The van der Waals surface area contributed by atoms with Crippen LogP contribution in [0.1, 0.15) is 0 Å². The van der Waals surface area contributed by atoms with Gasteiger partial charge < -0.3 is 10.3 Å². The van der Waals surface area contributed by atoms with Crippen molar-refractivity contribution < 1.29 is 4.39 Å². The Morgan fingerprint density at radius 1 is 1.14 bits per heavy atom. The third-order valence-corrected chi connectivity index (χ3v) is 4.61. The van der Waals surface area contributed by atoms with E-state index >= 15 is 0 Å². The number of pyridine rings is 1. The van der Waals surface area contributed by atoms with Gasteiger partial charge in [-0.2, -0.15) is 0 Å². The van der Waals surface area contributed by atoms with Gasteiger partial charge >= 0.3 is 0 Å². The van der Waals surface area contributed by atoms with Crippen molar-refractivity contribution in [3.8, 4) is 22.5 Å². The van der Waals surface area contributed by atoms with E-state index in [4.69, 9.17) is 10.7 Å². The molecule has 0 saturated heterocycles. The molecule has 2 N–H and O–H groups in total. The lowest BCUT2D eigenvalue weighted by Gasteiger charge is -2.08. The van der Waals surface area contributed by atoms with Crippen molar-refractivity contribution in [2.45, 2.75) is 11.7 Å². The Bertz CT molecular complexity index is 842. The first kappa shape index (κ1) is 13.3. The zero-order valence-corrected chi connectivity index (χ0v) is 12.5. The Hall–Kier alpha value is -2.34. The van der Waals surface area contributed by atoms with E-state index in [1.165, 1.54) is 12.1 Å². The molecule has 4 nitrogen and oxygen atoms in total. The molecule has 0 bridgehead atoms. The summed E-state index contributed by atoms with van der Waals surface area (Å²) in [5.74, 6) is 1.24. The third kappa shape index (κ3) is 2.16. The second-order valence-corrected chi connectivity index (χ2v) is 6.13. The number of hydrogen-bond acceptors (Lipinski definition) is 4. The monoisotopic (exact) mass is 312 g/mol. The maximum Gasteiger partial charge on any atom is 0.169 e. The molecular weight excluding hydrogens is 299 g/mol. The van der Waals surface area contributed by atoms with Gasteiger partial charge in [-0.05, 0) is 36.4 Å². The Kier molecular flexibility index (Phi) is 3.11. The second kappa shape index (κ2) is 5.14. The van der Waals surface area contributed by atoms with E-state index in [1.54, 1.807) is 30.1 Å². The molecule has 4 rings (SSSR count). The van der Waals surface area contributed by atoms with Crippen LogP contribution in [0.2, 0.25) is 0 Å². The third-order valence-electron chi connectivity index (χ3n) is 3.65. The number of halogens is 1. The average Bonchev–Trinajstić information content (AvgIpc) is 3.08. The summed E-state index contributed by atoms with van der Waals surface area (Å²) in [6, 6.07) is 10.2. The van der Waals surface area contributed by atoms with E-state index in [0.29, 0.717) is 5.82 Å². The fraction of sp³-hybridized carbons (Fsp3) is 0.125. The Morgan fingerprint density at radius 2 is 1.95 bits per heavy atom. The van der Waals surface area contributed by atoms with Crippen LogP contribution in [-0.2, 0) is 6.54 Å². The van der Waals surface area contributed by atoms with Gasteiger partial charge in [0.1, 0.15) is 11.6 Å². The van der Waals surface area contributed by atoms with Gasteiger partial charge in [0.05, 0.1) is 11.4 Å². The first-order valence-electron chi connectivity index (χ1n) is 6.93. The lowest BCUT2D eigenvalue weighted by atomic mass is 10.1. The number of hydrogen-bond donors (Lipinski definition) is 1. The minimum atomic E-state index is -0.250. The van der Waals surface area contributed by atoms with Crippen molar-refractivity contribution in [2.75, 3.05) is 11.5 Å². The second-order valence-electron chi connectivity index (χ2n) is 5.07. The van der Waals surface area contributed by atoms with Crippen LogP contribution in [0.25, 0.3) is 22.5 Å². The van der Waals surface area contributed by atoms with E-state index in [2.05, 4.69) is 9.55 Å². The number of aromatic nitrogens is 3. The zero-order chi connectivity index (χ0) is 15.1. The van der Waals surface area contributed by atoms with Gasteiger partial charge in [0, 0.05) is 29.6 Å². The zero-order valence-electron chi connectivity index (χ0n) is 11.7. The lowest BCUT2D eigenvalue weighted by Crippen LogP contribution is -1.99. The molecule has 0 fully saturated rings. The molecule has 0 saturated carbocycles. The van der Waals surface area contributed by atoms with Crippen molar-refractivity contribution in [1.29, 1.82) is 0 Å². The number of nitrogens with zero attached hydrogens (tertiary/aromatic N) is 3. The molecule has 0 spiro atoms. The molecular formula is C16H13FN4S. The summed E-state index contributed by atoms with van der Waals surface area (Å²) >= 11 is 1.73. The fourth-order valence-electron chi connectivity index (χ4n) is 2.68. The van der Waals surface area contributed by atoms with E-state index in [0.717, 1.165) is 40.0 Å². The summed E-state index contributed by atoms with van der Waals surface area (Å²) in [7, 11) is 0. The number of rotatable bonds is 2. The summed E-state index contributed by atoms with van der Waals surface area (Å²) in [5, 5.41) is 0.990. The van der Waals surface area contributed by atoms with Crippen molar-refractivity contribution in [2.24, 2.45) is 0 Å². The normalized spacial score (nSPS) is 13.3. The maximum absolute atomic E-state index is 13.2. The molecule has 3 aromatic rings. The van der Waals surface area contributed by atoms with Crippen LogP contribution in [0.15, 0.2) is 47.8 Å². The van der Waals surface area contributed by atoms with Crippen LogP contribution in [0.4, 0.5) is 10.2 Å². The van der Waals surface area contributed by atoms with Crippen molar-refractivity contribution >= 4 is 17.6 Å². The number of nitrogen functional groups attached to an aromatic ring is 1. The topological polar surface area (TPSA) is 56.7 Å². The molecule has 6 heteroatoms. The molecule has 0 radical (unpaired) electrons. The molecule has 3 heterocycles. The summed E-state index contributed by atoms with van der Waals surface area (Å²) in [6.45, 7) is 0.908. The van der Waals surface area contributed by atoms with E-state index in [-0.39, 0.29) is 5.82 Å². The summed E-state index contributed by atoms with van der Waals surface area (Å²) < 4.78 is 15.4. The molecule has 2 aromatic heterocycles. The van der Waals surface area contributed by atoms with Crippen LogP contribution < -0.4 is 5.73 Å². The number of imidazole rings is 1. The number of nitrogens with two attached hydrogens (primary N) is 1. The van der Waals surface area contributed by atoms with Gasteiger partial charge in [-0.1, -0.05) is 11.8 Å². The van der Waals surface area contributed by atoms with Gasteiger partial charge in [0.2, 0.25) is 0 Å². The molecule has 0 aliphatic carbocycles. The fourth-order valence-corrected chi connectivity index (χ4v) is 3.63. The smallest absolute Gasteiger partial charge is 0.169 e. The molecule has 1 aromatic carbocycles. The highest BCUT2D eigenvalue weighted by molar-refractivity contribution is 7.99. The Balaban J connectivity index is 1.94. The standard InChI is InChI=1S/C16H13FN4S/c17-12-3-1-10(2-4-12)14-15(11-5-6-19-13(18)9-11)21-7-8-22-16(21)20-14/h1-6,9H,7-8H2,(H2,18,19). The summed E-state index contributed by atoms with van der Waals surface area (Å²) in [4.78, 5) is 8.79. The van der Waals surface area contributed by atoms with Gasteiger partial charge in [-0.25, -0.2) is 14.4 Å². The number of fused-ring (bicyclic) bond motifs is 1. The van der Waals surface area contributed by atoms with Crippen molar-refractivity contribution in [1.82, 2.24) is 14.5 Å². The first-order valence-corrected chi connectivity index (χ1v) is 7.92. The quantitative estimate of drug-likeness (QED) is 0.787. The predicted molar refractivity (Wildman–Crippen MR) is 86.0 cm³/mol. The highest BCUT2D eigenvalue weighted by atomic mass is 32.2. The molecule has 1 aliphatic heterocycles. The Labute approximate surface area is 131 Å². The summed E-state index contributed by atoms with van der Waals surface area (Å²) in [5.41, 5.74) is 9.57. The predicted octanol–water partition coefficient (Wildman–Crippen LogP) is 3.44. The van der Waals surface area contributed by atoms with Crippen molar-refractivity contribution in [3.05, 3.63) is 48.4 Å². The van der Waals surface area contributed by atoms with Crippen LogP contribution in [0.5, 0.6) is 0 Å². The molecule has 0 amide bonds. The number of benzene rings is 1. The van der Waals surface area contributed by atoms with Gasteiger partial charge in [-0.15, -0.1) is 0 Å². The van der Waals surface area contributed by atoms with Gasteiger partial charge in [-0.3, -0.25) is 0 Å². The minimum Gasteiger partial charge on any atom is -0.384 e. The van der Waals surface area contributed by atoms with Gasteiger partial charge in [0.25, 0.3) is 0 Å². The summed E-state index contributed by atoms with van der Waals surface area (Å²) in [6.07, 6.45) is 1.70. The number of anilines is 1. The van der Waals surface area contributed by atoms with E-state index in [1.807, 2.05) is 12.1 Å². The molecule has 110 valence electrons. The van der Waals surface area contributed by atoms with E-state index < -0.39 is 0 Å². The molecule has 22 heavy (non-hydrogen) atoms. The van der Waals surface area contributed by atoms with Gasteiger partial charge in [0.15, 0.2) is 5.16 Å². The molecule has 0 atom stereocenters. The Morgan fingerprint density at radius 3 is 2.73 bits per heavy atom.